The van der Waals surface area contributed by atoms with E-state index in [1.807, 2.05) is 0 Å². The van der Waals surface area contributed by atoms with Crippen LogP contribution in [-0.2, 0) is 4.79 Å². The molecular formula is C12H14F2N2O2. The van der Waals surface area contributed by atoms with E-state index in [-0.39, 0.29) is 18.7 Å². The van der Waals surface area contributed by atoms with Crippen LogP contribution in [0.3, 0.4) is 0 Å². The van der Waals surface area contributed by atoms with Crippen molar-refractivity contribution < 1.29 is 18.7 Å². The number of carbonyl (C=O) groups is 1. The van der Waals surface area contributed by atoms with Gasteiger partial charge in [-0.15, -0.1) is 0 Å². The van der Waals surface area contributed by atoms with Crippen LogP contribution >= 0.6 is 0 Å². The second-order valence-electron chi connectivity index (χ2n) is 4.19. The molecule has 1 aromatic carbocycles. The number of halogens is 2. The molecular weight excluding hydrogens is 242 g/mol. The van der Waals surface area contributed by atoms with Gasteiger partial charge in [0.05, 0.1) is 17.8 Å². The quantitative estimate of drug-likeness (QED) is 0.869. The van der Waals surface area contributed by atoms with Crippen molar-refractivity contribution in [3.05, 3.63) is 23.8 Å². The minimum atomic E-state index is -0.925. The Morgan fingerprint density at radius 3 is 2.94 bits per heavy atom. The monoisotopic (exact) mass is 256 g/mol. The van der Waals surface area contributed by atoms with Crippen molar-refractivity contribution in [3.8, 4) is 0 Å². The van der Waals surface area contributed by atoms with E-state index >= 15 is 0 Å². The zero-order valence-electron chi connectivity index (χ0n) is 9.75. The third-order valence-electron chi connectivity index (χ3n) is 2.88. The molecule has 1 heterocycles. The Hall–Kier alpha value is -1.85. The van der Waals surface area contributed by atoms with Gasteiger partial charge in [0.25, 0.3) is 0 Å². The van der Waals surface area contributed by atoms with Gasteiger partial charge >= 0.3 is 5.97 Å². The summed E-state index contributed by atoms with van der Waals surface area (Å²) in [7, 11) is 0. The molecule has 2 N–H and O–H groups in total. The molecule has 2 rings (SSSR count). The number of nitrogens with zero attached hydrogens (tertiary/aromatic N) is 1. The highest BCUT2D eigenvalue weighted by Gasteiger charge is 2.20. The lowest BCUT2D eigenvalue weighted by molar-refractivity contribution is -0.136. The maximum Gasteiger partial charge on any atom is 0.305 e. The zero-order valence-corrected chi connectivity index (χ0v) is 9.75. The van der Waals surface area contributed by atoms with Crippen molar-refractivity contribution in [1.29, 1.82) is 0 Å². The van der Waals surface area contributed by atoms with Crippen LogP contribution in [-0.4, -0.2) is 30.7 Å². The summed E-state index contributed by atoms with van der Waals surface area (Å²) < 4.78 is 26.9. The van der Waals surface area contributed by atoms with Crippen LogP contribution in [0.25, 0.3) is 0 Å². The van der Waals surface area contributed by atoms with E-state index in [1.54, 1.807) is 4.90 Å². The smallest absolute Gasteiger partial charge is 0.305 e. The molecule has 0 saturated carbocycles. The van der Waals surface area contributed by atoms with E-state index < -0.39 is 17.6 Å². The van der Waals surface area contributed by atoms with E-state index in [4.69, 9.17) is 5.11 Å². The van der Waals surface area contributed by atoms with E-state index in [1.165, 1.54) is 6.07 Å². The van der Waals surface area contributed by atoms with E-state index in [0.29, 0.717) is 18.8 Å². The molecule has 1 aliphatic rings. The number of fused-ring (bicyclic) bond motifs is 1. The number of rotatable bonds is 3. The average Bonchev–Trinajstić information content (AvgIpc) is 2.48. The SMILES string of the molecule is O=C(O)CCN1CCCNc2c(F)cc(F)cc21. The van der Waals surface area contributed by atoms with Crippen LogP contribution in [0.4, 0.5) is 20.2 Å². The van der Waals surface area contributed by atoms with Crippen LogP contribution < -0.4 is 10.2 Å². The molecule has 6 heteroatoms. The van der Waals surface area contributed by atoms with Gasteiger partial charge in [-0.05, 0) is 12.5 Å². The van der Waals surface area contributed by atoms with Crippen molar-refractivity contribution in [3.63, 3.8) is 0 Å². The highest BCUT2D eigenvalue weighted by molar-refractivity contribution is 5.73. The number of carboxylic acids is 1. The Labute approximate surface area is 103 Å². The molecule has 4 nitrogen and oxygen atoms in total. The van der Waals surface area contributed by atoms with Crippen molar-refractivity contribution in [1.82, 2.24) is 0 Å². The Morgan fingerprint density at radius 2 is 2.22 bits per heavy atom. The molecule has 0 radical (unpaired) electrons. The first-order valence-electron chi connectivity index (χ1n) is 5.77. The van der Waals surface area contributed by atoms with Crippen LogP contribution in [0.1, 0.15) is 12.8 Å². The van der Waals surface area contributed by atoms with Crippen LogP contribution in [0, 0.1) is 11.6 Å². The lowest BCUT2D eigenvalue weighted by Gasteiger charge is -2.23. The molecule has 1 aliphatic heterocycles. The Balaban J connectivity index is 2.31. The average molecular weight is 256 g/mol. The predicted molar refractivity (Wildman–Crippen MR) is 63.9 cm³/mol. The second kappa shape index (κ2) is 5.20. The summed E-state index contributed by atoms with van der Waals surface area (Å²) in [5.41, 5.74) is 0.644. The summed E-state index contributed by atoms with van der Waals surface area (Å²) in [6, 6.07) is 2.06. The van der Waals surface area contributed by atoms with Gasteiger partial charge in [-0.3, -0.25) is 4.79 Å². The summed E-state index contributed by atoms with van der Waals surface area (Å²) in [6.45, 7) is 1.40. The number of hydrogen-bond acceptors (Lipinski definition) is 3. The Kier molecular flexibility index (Phi) is 3.64. The standard InChI is InChI=1S/C12H14F2N2O2/c13-8-6-9(14)12-10(7-8)16(4-1-3-15-12)5-2-11(17)18/h6-7,15H,1-5H2,(H,17,18). The van der Waals surface area contributed by atoms with E-state index in [9.17, 15) is 13.6 Å². The number of nitrogens with one attached hydrogen (secondary N) is 1. The number of anilines is 2. The first kappa shape index (κ1) is 12.6. The van der Waals surface area contributed by atoms with Crippen molar-refractivity contribution in [2.24, 2.45) is 0 Å². The summed E-state index contributed by atoms with van der Waals surface area (Å²) in [6.07, 6.45) is 0.687. The second-order valence-corrected chi connectivity index (χ2v) is 4.19. The Bertz CT molecular complexity index is 466. The van der Waals surface area contributed by atoms with E-state index in [0.717, 1.165) is 12.5 Å². The number of carboxylic acid groups (broad SMARTS) is 1. The van der Waals surface area contributed by atoms with Gasteiger partial charge in [-0.2, -0.15) is 0 Å². The highest BCUT2D eigenvalue weighted by atomic mass is 19.1. The highest BCUT2D eigenvalue weighted by Crippen LogP contribution is 2.32. The molecule has 1 aromatic rings. The molecule has 0 aliphatic carbocycles. The van der Waals surface area contributed by atoms with Gasteiger partial charge in [0, 0.05) is 25.7 Å². The van der Waals surface area contributed by atoms with Gasteiger partial charge in [0.15, 0.2) is 5.82 Å². The third-order valence-corrected chi connectivity index (χ3v) is 2.88. The molecule has 0 saturated heterocycles. The largest absolute Gasteiger partial charge is 0.481 e. The lowest BCUT2D eigenvalue weighted by atomic mass is 10.2. The summed E-state index contributed by atoms with van der Waals surface area (Å²) in [5.74, 6) is -2.23. The van der Waals surface area contributed by atoms with Gasteiger partial charge in [-0.25, -0.2) is 8.78 Å². The predicted octanol–water partition coefficient (Wildman–Crippen LogP) is 2.06. The molecule has 18 heavy (non-hydrogen) atoms. The molecule has 0 aromatic heterocycles. The Morgan fingerprint density at radius 1 is 1.44 bits per heavy atom. The van der Waals surface area contributed by atoms with Crippen molar-refractivity contribution >= 4 is 17.3 Å². The maximum atomic E-state index is 13.6. The van der Waals surface area contributed by atoms with Gasteiger partial charge in [0.1, 0.15) is 5.82 Å². The first-order chi connectivity index (χ1) is 8.58. The van der Waals surface area contributed by atoms with Crippen LogP contribution in [0.5, 0.6) is 0 Å². The number of hydrogen-bond donors (Lipinski definition) is 2. The first-order valence-corrected chi connectivity index (χ1v) is 5.77. The van der Waals surface area contributed by atoms with Gasteiger partial charge in [0.2, 0.25) is 0 Å². The fourth-order valence-corrected chi connectivity index (χ4v) is 2.05. The summed E-state index contributed by atoms with van der Waals surface area (Å²) in [5, 5.41) is 11.6. The summed E-state index contributed by atoms with van der Waals surface area (Å²) >= 11 is 0. The maximum absolute atomic E-state index is 13.6. The van der Waals surface area contributed by atoms with Crippen LogP contribution in [0.15, 0.2) is 12.1 Å². The molecule has 0 atom stereocenters. The fourth-order valence-electron chi connectivity index (χ4n) is 2.05. The third kappa shape index (κ3) is 2.69. The normalized spacial score (nSPS) is 14.7. The molecule has 0 fully saturated rings. The summed E-state index contributed by atoms with van der Waals surface area (Å²) in [4.78, 5) is 12.3. The number of benzene rings is 1. The molecule has 0 unspecified atom stereocenters. The minimum Gasteiger partial charge on any atom is -0.481 e. The lowest BCUT2D eigenvalue weighted by Crippen LogP contribution is -2.27. The number of aliphatic carboxylic acids is 1. The van der Waals surface area contributed by atoms with Crippen LogP contribution in [0.2, 0.25) is 0 Å². The van der Waals surface area contributed by atoms with Gasteiger partial charge in [-0.1, -0.05) is 0 Å². The molecule has 0 bridgehead atoms. The topological polar surface area (TPSA) is 52.6 Å². The molecule has 0 amide bonds. The van der Waals surface area contributed by atoms with E-state index in [2.05, 4.69) is 5.32 Å². The van der Waals surface area contributed by atoms with Crippen molar-refractivity contribution in [2.75, 3.05) is 29.9 Å². The zero-order chi connectivity index (χ0) is 13.1. The minimum absolute atomic E-state index is 0.0580. The molecule has 0 spiro atoms. The van der Waals surface area contributed by atoms with Gasteiger partial charge < -0.3 is 15.3 Å². The fraction of sp³-hybridized carbons (Fsp3) is 0.417. The molecule has 98 valence electrons. The van der Waals surface area contributed by atoms with Crippen molar-refractivity contribution in [2.45, 2.75) is 12.8 Å².